The molecule has 0 aliphatic heterocycles. The summed E-state index contributed by atoms with van der Waals surface area (Å²) in [5.74, 6) is 0. The van der Waals surface area contributed by atoms with Crippen LogP contribution in [0.5, 0.6) is 0 Å². The van der Waals surface area contributed by atoms with Crippen LogP contribution in [-0.4, -0.2) is 26.2 Å². The monoisotopic (exact) mass is 348 g/mol. The van der Waals surface area contributed by atoms with E-state index in [9.17, 15) is 8.42 Å². The zero-order valence-corrected chi connectivity index (χ0v) is 15.0. The normalized spacial score (nSPS) is 13.7. The Hall–Kier alpha value is -0.133. The SMILES string of the molecule is CC(C)(C)S(=O)(=O)c1ccccc1[Si](C)(C)CBr. The fourth-order valence-corrected chi connectivity index (χ4v) is 6.52. The highest BCUT2D eigenvalue weighted by molar-refractivity contribution is 9.09. The van der Waals surface area contributed by atoms with Crippen LogP contribution in [0.4, 0.5) is 0 Å². The van der Waals surface area contributed by atoms with Gasteiger partial charge in [-0.05, 0) is 32.0 Å². The van der Waals surface area contributed by atoms with Crippen molar-refractivity contribution < 1.29 is 8.42 Å². The van der Waals surface area contributed by atoms with Crippen LogP contribution in [0, 0.1) is 0 Å². The Morgan fingerprint density at radius 3 is 2.11 bits per heavy atom. The lowest BCUT2D eigenvalue weighted by molar-refractivity contribution is 0.561. The van der Waals surface area contributed by atoms with Crippen LogP contribution in [-0.2, 0) is 9.84 Å². The number of sulfone groups is 1. The summed E-state index contributed by atoms with van der Waals surface area (Å²) < 4.78 is 24.5. The third-order valence-electron chi connectivity index (χ3n) is 3.05. The van der Waals surface area contributed by atoms with Gasteiger partial charge in [0.25, 0.3) is 0 Å². The first-order chi connectivity index (χ1) is 8.04. The van der Waals surface area contributed by atoms with Crippen LogP contribution in [0.25, 0.3) is 0 Å². The second-order valence-corrected chi connectivity index (χ2v) is 15.1. The Morgan fingerprint density at radius 1 is 1.17 bits per heavy atom. The van der Waals surface area contributed by atoms with Crippen LogP contribution in [0.1, 0.15) is 20.8 Å². The molecule has 0 aromatic heterocycles. The van der Waals surface area contributed by atoms with Crippen LogP contribution in [0.3, 0.4) is 0 Å². The van der Waals surface area contributed by atoms with Gasteiger partial charge in [-0.3, -0.25) is 0 Å². The van der Waals surface area contributed by atoms with Gasteiger partial charge in [0.2, 0.25) is 0 Å². The van der Waals surface area contributed by atoms with E-state index in [1.165, 1.54) is 0 Å². The van der Waals surface area contributed by atoms with E-state index in [4.69, 9.17) is 0 Å². The molecule has 2 nitrogen and oxygen atoms in total. The molecule has 18 heavy (non-hydrogen) atoms. The number of hydrogen-bond donors (Lipinski definition) is 0. The molecule has 0 saturated heterocycles. The van der Waals surface area contributed by atoms with Crippen LogP contribution >= 0.6 is 15.9 Å². The fraction of sp³-hybridized carbons (Fsp3) is 0.538. The first-order valence-electron chi connectivity index (χ1n) is 5.94. The zero-order chi connectivity index (χ0) is 14.2. The van der Waals surface area contributed by atoms with Crippen LogP contribution < -0.4 is 5.19 Å². The predicted octanol–water partition coefficient (Wildman–Crippen LogP) is 3.11. The van der Waals surface area contributed by atoms with E-state index >= 15 is 0 Å². The fourth-order valence-electron chi connectivity index (χ4n) is 1.66. The Labute approximate surface area is 120 Å². The minimum absolute atomic E-state index is 0.508. The number of rotatable bonds is 3. The zero-order valence-electron chi connectivity index (χ0n) is 11.6. The summed E-state index contributed by atoms with van der Waals surface area (Å²) in [6.45, 7) is 9.61. The maximum Gasteiger partial charge on any atom is 0.183 e. The second kappa shape index (κ2) is 5.10. The van der Waals surface area contributed by atoms with Crippen molar-refractivity contribution in [2.75, 3.05) is 4.95 Å². The maximum atomic E-state index is 12.6. The summed E-state index contributed by atoms with van der Waals surface area (Å²) >= 11 is 3.53. The van der Waals surface area contributed by atoms with Gasteiger partial charge in [-0.25, -0.2) is 8.42 Å². The van der Waals surface area contributed by atoms with Gasteiger partial charge in [-0.1, -0.05) is 47.2 Å². The van der Waals surface area contributed by atoms with Crippen LogP contribution in [0.15, 0.2) is 29.2 Å². The van der Waals surface area contributed by atoms with E-state index in [0.29, 0.717) is 4.90 Å². The average molecular weight is 349 g/mol. The van der Waals surface area contributed by atoms with Gasteiger partial charge in [0.1, 0.15) is 0 Å². The van der Waals surface area contributed by atoms with E-state index in [2.05, 4.69) is 29.0 Å². The summed E-state index contributed by atoms with van der Waals surface area (Å²) in [7, 11) is -5.04. The quantitative estimate of drug-likeness (QED) is 0.621. The summed E-state index contributed by atoms with van der Waals surface area (Å²) in [5.41, 5.74) is 0. The average Bonchev–Trinajstić information content (AvgIpc) is 2.27. The van der Waals surface area contributed by atoms with Crippen molar-refractivity contribution in [3.05, 3.63) is 24.3 Å². The third-order valence-corrected chi connectivity index (χ3v) is 12.5. The summed E-state index contributed by atoms with van der Waals surface area (Å²) in [5, 5.41) is 1.01. The van der Waals surface area contributed by atoms with Crippen molar-refractivity contribution in [1.29, 1.82) is 0 Å². The summed E-state index contributed by atoms with van der Waals surface area (Å²) in [6, 6.07) is 7.44. The molecule has 0 aliphatic carbocycles. The lowest BCUT2D eigenvalue weighted by Gasteiger charge is -2.27. The Kier molecular flexibility index (Phi) is 4.51. The van der Waals surface area contributed by atoms with Crippen molar-refractivity contribution in [2.24, 2.45) is 0 Å². The van der Waals surface area contributed by atoms with Gasteiger partial charge in [-0.15, -0.1) is 0 Å². The van der Waals surface area contributed by atoms with Crippen molar-refractivity contribution in [2.45, 2.75) is 43.5 Å². The van der Waals surface area contributed by atoms with Crippen molar-refractivity contribution in [1.82, 2.24) is 0 Å². The molecule has 1 aromatic carbocycles. The van der Waals surface area contributed by atoms with Gasteiger partial charge in [-0.2, -0.15) is 0 Å². The van der Waals surface area contributed by atoms with Crippen molar-refractivity contribution >= 4 is 39.0 Å². The lowest BCUT2D eigenvalue weighted by atomic mass is 10.3. The van der Waals surface area contributed by atoms with E-state index in [-0.39, 0.29) is 0 Å². The predicted molar refractivity (Wildman–Crippen MR) is 84.3 cm³/mol. The van der Waals surface area contributed by atoms with E-state index in [0.717, 1.165) is 10.1 Å². The molecule has 0 fully saturated rings. The number of halogens is 1. The van der Waals surface area contributed by atoms with Gasteiger partial charge < -0.3 is 0 Å². The van der Waals surface area contributed by atoms with Gasteiger partial charge in [0.15, 0.2) is 9.84 Å². The smallest absolute Gasteiger partial charge is 0.183 e. The third kappa shape index (κ3) is 2.88. The minimum Gasteiger partial charge on any atom is -0.223 e. The van der Waals surface area contributed by atoms with Gasteiger partial charge in [0.05, 0.1) is 17.7 Å². The highest BCUT2D eigenvalue weighted by Gasteiger charge is 2.36. The molecule has 1 rings (SSSR count). The van der Waals surface area contributed by atoms with Crippen molar-refractivity contribution in [3.63, 3.8) is 0 Å². The molecule has 0 atom stereocenters. The molecule has 5 heteroatoms. The van der Waals surface area contributed by atoms with E-state index in [1.54, 1.807) is 32.9 Å². The highest BCUT2D eigenvalue weighted by atomic mass is 79.9. The Morgan fingerprint density at radius 2 is 1.67 bits per heavy atom. The summed E-state index contributed by atoms with van der Waals surface area (Å²) in [6.07, 6.45) is 0. The molecule has 0 amide bonds. The first kappa shape index (κ1) is 15.9. The molecule has 0 heterocycles. The Bertz CT molecular complexity index is 530. The number of benzene rings is 1. The lowest BCUT2D eigenvalue weighted by Crippen LogP contribution is -2.47. The molecule has 0 radical (unpaired) electrons. The maximum absolute atomic E-state index is 12.6. The second-order valence-electron chi connectivity index (χ2n) is 6.13. The molecule has 0 N–H and O–H groups in total. The highest BCUT2D eigenvalue weighted by Crippen LogP contribution is 2.25. The Balaban J connectivity index is 3.55. The largest absolute Gasteiger partial charge is 0.223 e. The summed E-state index contributed by atoms with van der Waals surface area (Å²) in [4.78, 5) is 1.37. The van der Waals surface area contributed by atoms with Gasteiger partial charge >= 0.3 is 0 Å². The van der Waals surface area contributed by atoms with E-state index in [1.807, 2.05) is 12.1 Å². The molecular weight excluding hydrogens is 328 g/mol. The van der Waals surface area contributed by atoms with Crippen molar-refractivity contribution in [3.8, 4) is 0 Å². The number of hydrogen-bond acceptors (Lipinski definition) is 2. The molecule has 102 valence electrons. The molecule has 1 aromatic rings. The van der Waals surface area contributed by atoms with E-state index < -0.39 is 22.7 Å². The topological polar surface area (TPSA) is 34.1 Å². The molecular formula is C13H21BrO2SSi. The molecule has 0 aliphatic rings. The molecule has 0 saturated carbocycles. The van der Waals surface area contributed by atoms with Crippen LogP contribution in [0.2, 0.25) is 13.1 Å². The molecule has 0 unspecified atom stereocenters. The minimum atomic E-state index is -3.29. The molecule has 0 bridgehead atoms. The van der Waals surface area contributed by atoms with Gasteiger partial charge in [0, 0.05) is 4.95 Å². The molecule has 0 spiro atoms. The standard InChI is InChI=1S/C13H21BrO2SSi/c1-13(2,3)17(15,16)11-8-6-7-9-12(11)18(4,5)10-14/h6-9H,10H2,1-5H3. The first-order valence-corrected chi connectivity index (χ1v) is 11.8. The number of alkyl halides is 1.